The average molecular weight is 628 g/mol. The van der Waals surface area contributed by atoms with Crippen molar-refractivity contribution in [2.24, 2.45) is 5.10 Å². The van der Waals surface area contributed by atoms with Gasteiger partial charge < -0.3 is 24.8 Å². The Morgan fingerprint density at radius 1 is 1.02 bits per heavy atom. The standard InChI is InChI=1S/C30H28Cl2N4O5S/c1-3-39-29(38)27-18(2)34-30(42)35-28(27)21-9-5-7-11-25(21)41-17-26(37)36-33-15-20-8-4-6-10-24(20)40-16-19-12-13-22(31)23(32)14-19/h4-15,28H,3,16-17H2,1-2H3,(H,36,37)(H2,34,35,42)/t28-/m1/s1. The molecule has 3 N–H and O–H groups in total. The number of rotatable bonds is 11. The molecule has 1 aliphatic rings. The summed E-state index contributed by atoms with van der Waals surface area (Å²) in [6.45, 7) is 3.65. The van der Waals surface area contributed by atoms with Crippen molar-refractivity contribution in [2.45, 2.75) is 26.5 Å². The normalized spacial score (nSPS) is 14.7. The van der Waals surface area contributed by atoms with Crippen molar-refractivity contribution in [1.82, 2.24) is 16.1 Å². The minimum atomic E-state index is -0.629. The summed E-state index contributed by atoms with van der Waals surface area (Å²) in [5.41, 5.74) is 5.53. The van der Waals surface area contributed by atoms with Gasteiger partial charge in [0.05, 0.1) is 34.5 Å². The van der Waals surface area contributed by atoms with Crippen LogP contribution in [0.1, 0.15) is 36.6 Å². The number of halogens is 2. The van der Waals surface area contributed by atoms with Gasteiger partial charge in [0.2, 0.25) is 0 Å². The third-order valence-corrected chi connectivity index (χ3v) is 7.00. The summed E-state index contributed by atoms with van der Waals surface area (Å²) in [5.74, 6) is 0.00126. The Kier molecular flexibility index (Phi) is 10.8. The van der Waals surface area contributed by atoms with E-state index in [0.717, 1.165) is 5.56 Å². The van der Waals surface area contributed by atoms with Gasteiger partial charge in [0.15, 0.2) is 11.7 Å². The number of hydrazone groups is 1. The number of hydrogen-bond donors (Lipinski definition) is 3. The highest BCUT2D eigenvalue weighted by Crippen LogP contribution is 2.33. The lowest BCUT2D eigenvalue weighted by atomic mass is 9.95. The van der Waals surface area contributed by atoms with Crippen LogP contribution in [0.25, 0.3) is 0 Å². The topological polar surface area (TPSA) is 110 Å². The lowest BCUT2D eigenvalue weighted by Crippen LogP contribution is -2.45. The summed E-state index contributed by atoms with van der Waals surface area (Å²) in [7, 11) is 0. The van der Waals surface area contributed by atoms with E-state index in [1.54, 1.807) is 62.4 Å². The molecular formula is C30H28Cl2N4O5S. The summed E-state index contributed by atoms with van der Waals surface area (Å²) >= 11 is 17.4. The maximum atomic E-state index is 12.7. The number of nitrogens with one attached hydrogen (secondary N) is 3. The maximum absolute atomic E-state index is 12.7. The third-order valence-electron chi connectivity index (χ3n) is 6.04. The summed E-state index contributed by atoms with van der Waals surface area (Å²) in [6.07, 6.45) is 1.48. The highest BCUT2D eigenvalue weighted by Gasteiger charge is 2.32. The molecular weight excluding hydrogens is 599 g/mol. The number of para-hydroxylation sites is 2. The minimum absolute atomic E-state index is 0.222. The second kappa shape index (κ2) is 14.7. The van der Waals surface area contributed by atoms with Gasteiger partial charge in [-0.2, -0.15) is 5.10 Å². The SMILES string of the molecule is CCOC(=O)C1=C(C)NC(=S)N[C@@H]1c1ccccc1OCC(=O)NN=Cc1ccccc1OCc1ccc(Cl)c(Cl)c1. The van der Waals surface area contributed by atoms with E-state index in [1.165, 1.54) is 6.21 Å². The van der Waals surface area contributed by atoms with Crippen molar-refractivity contribution < 1.29 is 23.8 Å². The van der Waals surface area contributed by atoms with Crippen LogP contribution in [0.15, 0.2) is 83.1 Å². The van der Waals surface area contributed by atoms with Crippen molar-refractivity contribution in [3.05, 3.63) is 105 Å². The van der Waals surface area contributed by atoms with E-state index in [4.69, 9.17) is 49.6 Å². The zero-order valence-electron chi connectivity index (χ0n) is 22.8. The zero-order chi connectivity index (χ0) is 30.1. The van der Waals surface area contributed by atoms with Gasteiger partial charge in [-0.1, -0.05) is 59.6 Å². The van der Waals surface area contributed by atoms with Gasteiger partial charge in [-0.25, -0.2) is 10.2 Å². The Bertz CT molecular complexity index is 1550. The molecule has 1 aliphatic heterocycles. The average Bonchev–Trinajstić information content (AvgIpc) is 2.97. The van der Waals surface area contributed by atoms with Crippen molar-refractivity contribution in [1.29, 1.82) is 0 Å². The molecule has 0 spiro atoms. The molecule has 9 nitrogen and oxygen atoms in total. The molecule has 3 aromatic carbocycles. The molecule has 12 heteroatoms. The molecule has 218 valence electrons. The number of carbonyl (C=O) groups excluding carboxylic acids is 2. The lowest BCUT2D eigenvalue weighted by Gasteiger charge is -2.30. The second-order valence-electron chi connectivity index (χ2n) is 8.99. The van der Waals surface area contributed by atoms with E-state index in [-0.39, 0.29) is 19.8 Å². The molecule has 4 rings (SSSR count). The number of nitrogens with zero attached hydrogens (tertiary/aromatic N) is 1. The van der Waals surface area contributed by atoms with Gasteiger partial charge in [-0.05, 0) is 62.0 Å². The number of thiocarbonyl (C=S) groups is 1. The van der Waals surface area contributed by atoms with E-state index in [2.05, 4.69) is 21.2 Å². The van der Waals surface area contributed by atoms with Crippen LogP contribution >= 0.6 is 35.4 Å². The van der Waals surface area contributed by atoms with Crippen molar-refractivity contribution >= 4 is 58.6 Å². The minimum Gasteiger partial charge on any atom is -0.488 e. The molecule has 1 heterocycles. The fourth-order valence-corrected chi connectivity index (χ4v) is 4.71. The van der Waals surface area contributed by atoms with Crippen LogP contribution in [0, 0.1) is 0 Å². The first-order valence-electron chi connectivity index (χ1n) is 12.9. The Hall–Kier alpha value is -4.12. The van der Waals surface area contributed by atoms with Gasteiger partial charge >= 0.3 is 5.97 Å². The lowest BCUT2D eigenvalue weighted by molar-refractivity contribution is -0.139. The Labute approximate surface area is 258 Å². The van der Waals surface area contributed by atoms with Gasteiger partial charge in [0.25, 0.3) is 5.91 Å². The fraction of sp³-hybridized carbons (Fsp3) is 0.200. The molecule has 0 aliphatic carbocycles. The van der Waals surface area contributed by atoms with E-state index >= 15 is 0 Å². The first-order chi connectivity index (χ1) is 20.3. The fourth-order valence-electron chi connectivity index (χ4n) is 4.12. The number of ether oxygens (including phenoxy) is 3. The van der Waals surface area contributed by atoms with Crippen LogP contribution < -0.4 is 25.5 Å². The smallest absolute Gasteiger partial charge is 0.338 e. The Balaban J connectivity index is 1.39. The molecule has 1 amide bonds. The van der Waals surface area contributed by atoms with Crippen LogP contribution in [0.3, 0.4) is 0 Å². The number of benzene rings is 3. The molecule has 0 aromatic heterocycles. The van der Waals surface area contributed by atoms with Gasteiger partial charge in [-0.3, -0.25) is 4.79 Å². The highest BCUT2D eigenvalue weighted by atomic mass is 35.5. The van der Waals surface area contributed by atoms with Crippen molar-refractivity contribution in [3.63, 3.8) is 0 Å². The van der Waals surface area contributed by atoms with Crippen LogP contribution in [0.5, 0.6) is 11.5 Å². The first kappa shape index (κ1) is 30.8. The molecule has 1 atom stereocenters. The first-order valence-corrected chi connectivity index (χ1v) is 14.1. The number of esters is 1. The molecule has 0 fully saturated rings. The number of allylic oxidation sites excluding steroid dienone is 1. The van der Waals surface area contributed by atoms with Crippen LogP contribution in [-0.2, 0) is 20.9 Å². The van der Waals surface area contributed by atoms with Crippen LogP contribution in [0.4, 0.5) is 0 Å². The molecule has 0 unspecified atom stereocenters. The zero-order valence-corrected chi connectivity index (χ0v) is 25.1. The second-order valence-corrected chi connectivity index (χ2v) is 10.2. The largest absolute Gasteiger partial charge is 0.488 e. The molecule has 0 saturated heterocycles. The maximum Gasteiger partial charge on any atom is 0.338 e. The van der Waals surface area contributed by atoms with Crippen LogP contribution in [-0.4, -0.2) is 36.4 Å². The molecule has 0 bridgehead atoms. The number of amides is 1. The predicted octanol–water partition coefficient (Wildman–Crippen LogP) is 5.46. The van der Waals surface area contributed by atoms with E-state index in [1.807, 2.05) is 18.2 Å². The Morgan fingerprint density at radius 2 is 1.76 bits per heavy atom. The number of carbonyl (C=O) groups is 2. The summed E-state index contributed by atoms with van der Waals surface area (Å²) < 4.78 is 17.0. The van der Waals surface area contributed by atoms with Crippen LogP contribution in [0.2, 0.25) is 10.0 Å². The summed E-state index contributed by atoms with van der Waals surface area (Å²) in [5, 5.41) is 11.4. The molecule has 3 aromatic rings. The summed E-state index contributed by atoms with van der Waals surface area (Å²) in [4.78, 5) is 25.3. The van der Waals surface area contributed by atoms with E-state index in [0.29, 0.717) is 49.1 Å². The predicted molar refractivity (Wildman–Crippen MR) is 166 cm³/mol. The summed E-state index contributed by atoms with van der Waals surface area (Å²) in [6, 6.07) is 19.0. The molecule has 42 heavy (non-hydrogen) atoms. The van der Waals surface area contributed by atoms with Gasteiger partial charge in [0, 0.05) is 16.8 Å². The molecule has 0 saturated carbocycles. The Morgan fingerprint density at radius 3 is 2.52 bits per heavy atom. The van der Waals surface area contributed by atoms with Gasteiger partial charge in [0.1, 0.15) is 18.1 Å². The number of hydrogen-bond acceptors (Lipinski definition) is 7. The van der Waals surface area contributed by atoms with Gasteiger partial charge in [-0.15, -0.1) is 0 Å². The van der Waals surface area contributed by atoms with Crippen molar-refractivity contribution in [2.75, 3.05) is 13.2 Å². The molecule has 0 radical (unpaired) electrons. The van der Waals surface area contributed by atoms with Crippen molar-refractivity contribution in [3.8, 4) is 11.5 Å². The van der Waals surface area contributed by atoms with E-state index in [9.17, 15) is 9.59 Å². The third kappa shape index (κ3) is 8.00. The highest BCUT2D eigenvalue weighted by molar-refractivity contribution is 7.80. The van der Waals surface area contributed by atoms with E-state index < -0.39 is 17.9 Å². The monoisotopic (exact) mass is 626 g/mol. The quantitative estimate of drug-likeness (QED) is 0.111.